The van der Waals surface area contributed by atoms with Crippen LogP contribution in [0.4, 0.5) is 4.79 Å². The van der Waals surface area contributed by atoms with Gasteiger partial charge in [-0.15, -0.1) is 0 Å². The van der Waals surface area contributed by atoms with Gasteiger partial charge in [-0.05, 0) is 51.9 Å². The van der Waals surface area contributed by atoms with Crippen molar-refractivity contribution in [2.24, 2.45) is 0 Å². The van der Waals surface area contributed by atoms with Crippen LogP contribution in [-0.4, -0.2) is 66.2 Å². The molecule has 0 saturated carbocycles. The molecule has 7 nitrogen and oxygen atoms in total. The normalized spacial score (nSPS) is 21.0. The molecular weight excluding hydrogens is 420 g/mol. The molecule has 190 valence electrons. The molecule has 7 heteroatoms. The summed E-state index contributed by atoms with van der Waals surface area (Å²) >= 11 is 0. The van der Waals surface area contributed by atoms with E-state index in [2.05, 4.69) is 6.92 Å². The Labute approximate surface area is 200 Å². The number of carbonyl (C=O) groups excluding carboxylic acids is 3. The van der Waals surface area contributed by atoms with Gasteiger partial charge >= 0.3 is 12.1 Å². The van der Waals surface area contributed by atoms with Crippen LogP contribution in [0.2, 0.25) is 0 Å². The molecule has 0 N–H and O–H groups in total. The lowest BCUT2D eigenvalue weighted by atomic mass is 9.97. The highest BCUT2D eigenvalue weighted by atomic mass is 16.6. The zero-order valence-corrected chi connectivity index (χ0v) is 21.0. The maximum absolute atomic E-state index is 13.4. The van der Waals surface area contributed by atoms with Crippen LogP contribution in [0.1, 0.15) is 110 Å². The summed E-state index contributed by atoms with van der Waals surface area (Å²) in [4.78, 5) is 41.8. The highest BCUT2D eigenvalue weighted by Gasteiger charge is 2.40. The first kappa shape index (κ1) is 27.5. The first-order valence-corrected chi connectivity index (χ1v) is 13.5. The van der Waals surface area contributed by atoms with Gasteiger partial charge in [0, 0.05) is 13.1 Å². The predicted molar refractivity (Wildman–Crippen MR) is 129 cm³/mol. The van der Waals surface area contributed by atoms with Crippen molar-refractivity contribution in [3.8, 4) is 0 Å². The van der Waals surface area contributed by atoms with Crippen molar-refractivity contribution in [3.63, 3.8) is 0 Å². The Morgan fingerprint density at radius 1 is 0.697 bits per heavy atom. The van der Waals surface area contributed by atoms with Gasteiger partial charge < -0.3 is 14.4 Å². The molecule has 2 aliphatic rings. The number of carbonyl (C=O) groups is 3. The average Bonchev–Trinajstić information content (AvgIpc) is 2.84. The SMILES string of the molecule is CCCCCCCCCCCOC(=O)C1CCCCN1C(=O)C1CCCCN1C(=O)OCC. The van der Waals surface area contributed by atoms with Crippen LogP contribution in [0, 0.1) is 0 Å². The maximum atomic E-state index is 13.4. The second-order valence-corrected chi connectivity index (χ2v) is 9.44. The van der Waals surface area contributed by atoms with Gasteiger partial charge in [-0.25, -0.2) is 9.59 Å². The summed E-state index contributed by atoms with van der Waals surface area (Å²) in [6.07, 6.45) is 15.3. The summed E-state index contributed by atoms with van der Waals surface area (Å²) < 4.78 is 10.7. The van der Waals surface area contributed by atoms with E-state index in [-0.39, 0.29) is 18.5 Å². The molecule has 0 aromatic heterocycles. The Kier molecular flexibility index (Phi) is 13.3. The number of nitrogens with zero attached hydrogens (tertiary/aromatic N) is 2. The second-order valence-electron chi connectivity index (χ2n) is 9.44. The first-order valence-electron chi connectivity index (χ1n) is 13.5. The lowest BCUT2D eigenvalue weighted by molar-refractivity contribution is -0.159. The van der Waals surface area contributed by atoms with E-state index in [1.165, 1.54) is 44.9 Å². The fourth-order valence-electron chi connectivity index (χ4n) is 4.93. The van der Waals surface area contributed by atoms with Crippen LogP contribution < -0.4 is 0 Å². The molecule has 2 saturated heterocycles. The number of rotatable bonds is 13. The van der Waals surface area contributed by atoms with Crippen molar-refractivity contribution in [3.05, 3.63) is 0 Å². The van der Waals surface area contributed by atoms with E-state index in [1.807, 2.05) is 0 Å². The summed E-state index contributed by atoms with van der Waals surface area (Å²) in [5.74, 6) is -0.423. The molecule has 0 bridgehead atoms. The number of unbranched alkanes of at least 4 members (excludes halogenated alkanes) is 8. The smallest absolute Gasteiger partial charge is 0.410 e. The van der Waals surface area contributed by atoms with Crippen LogP contribution in [-0.2, 0) is 19.1 Å². The van der Waals surface area contributed by atoms with E-state index in [0.29, 0.717) is 32.5 Å². The summed E-state index contributed by atoms with van der Waals surface area (Å²) in [6, 6.07) is -1.07. The van der Waals surface area contributed by atoms with Gasteiger partial charge in [0.1, 0.15) is 12.1 Å². The quantitative estimate of drug-likeness (QED) is 0.266. The highest BCUT2D eigenvalue weighted by Crippen LogP contribution is 2.25. The zero-order valence-electron chi connectivity index (χ0n) is 21.0. The molecule has 2 amide bonds. The highest BCUT2D eigenvalue weighted by molar-refractivity contribution is 5.90. The molecule has 0 radical (unpaired) electrons. The topological polar surface area (TPSA) is 76.2 Å². The Morgan fingerprint density at radius 3 is 1.91 bits per heavy atom. The Bertz CT molecular complexity index is 597. The van der Waals surface area contributed by atoms with Gasteiger partial charge in [0.25, 0.3) is 0 Å². The summed E-state index contributed by atoms with van der Waals surface area (Å²) in [5, 5.41) is 0. The third kappa shape index (κ3) is 9.17. The standard InChI is InChI=1S/C26H46N2O5/c1-3-5-6-7-8-9-10-11-16-21-33-25(30)23-18-13-14-19-27(23)24(29)22-17-12-15-20-28(22)26(31)32-4-2/h22-23H,3-21H2,1-2H3. The largest absolute Gasteiger partial charge is 0.464 e. The van der Waals surface area contributed by atoms with Crippen molar-refractivity contribution in [2.45, 2.75) is 122 Å². The molecule has 2 aliphatic heterocycles. The number of ether oxygens (including phenoxy) is 2. The third-order valence-corrected chi connectivity index (χ3v) is 6.84. The predicted octanol–water partition coefficient (Wildman–Crippen LogP) is 5.45. The van der Waals surface area contributed by atoms with E-state index >= 15 is 0 Å². The molecule has 2 heterocycles. The molecule has 33 heavy (non-hydrogen) atoms. The van der Waals surface area contributed by atoms with Crippen molar-refractivity contribution < 1.29 is 23.9 Å². The van der Waals surface area contributed by atoms with Crippen LogP contribution in [0.5, 0.6) is 0 Å². The van der Waals surface area contributed by atoms with Crippen molar-refractivity contribution in [2.75, 3.05) is 26.3 Å². The van der Waals surface area contributed by atoms with E-state index in [4.69, 9.17) is 9.47 Å². The number of esters is 1. The minimum atomic E-state index is -0.538. The van der Waals surface area contributed by atoms with Crippen LogP contribution in [0.15, 0.2) is 0 Å². The molecule has 2 rings (SSSR count). The number of hydrogen-bond acceptors (Lipinski definition) is 5. The van der Waals surface area contributed by atoms with Crippen LogP contribution in [0.25, 0.3) is 0 Å². The van der Waals surface area contributed by atoms with Crippen LogP contribution >= 0.6 is 0 Å². The minimum Gasteiger partial charge on any atom is -0.464 e. The Balaban J connectivity index is 1.78. The van der Waals surface area contributed by atoms with E-state index < -0.39 is 18.2 Å². The molecular formula is C26H46N2O5. The maximum Gasteiger partial charge on any atom is 0.410 e. The fourth-order valence-corrected chi connectivity index (χ4v) is 4.93. The summed E-state index contributed by atoms with van der Waals surface area (Å²) in [7, 11) is 0. The first-order chi connectivity index (χ1) is 16.1. The van der Waals surface area contributed by atoms with Gasteiger partial charge in [0.15, 0.2) is 0 Å². The number of amides is 2. The minimum absolute atomic E-state index is 0.132. The molecule has 2 fully saturated rings. The van der Waals surface area contributed by atoms with Gasteiger partial charge in [0.05, 0.1) is 13.2 Å². The molecule has 0 spiro atoms. The number of likely N-dealkylation sites (tertiary alicyclic amines) is 2. The second kappa shape index (κ2) is 15.9. The average molecular weight is 467 g/mol. The van der Waals surface area contributed by atoms with Crippen molar-refractivity contribution in [1.29, 1.82) is 0 Å². The molecule has 0 aromatic carbocycles. The monoisotopic (exact) mass is 466 g/mol. The van der Waals surface area contributed by atoms with Gasteiger partial charge in [0.2, 0.25) is 5.91 Å². The van der Waals surface area contributed by atoms with E-state index in [1.54, 1.807) is 16.7 Å². The van der Waals surface area contributed by atoms with Crippen molar-refractivity contribution >= 4 is 18.0 Å². The number of piperidine rings is 2. The lowest BCUT2D eigenvalue weighted by Crippen LogP contribution is -2.58. The van der Waals surface area contributed by atoms with E-state index in [0.717, 1.165) is 38.5 Å². The van der Waals surface area contributed by atoms with Crippen LogP contribution in [0.3, 0.4) is 0 Å². The van der Waals surface area contributed by atoms with Gasteiger partial charge in [-0.1, -0.05) is 58.3 Å². The lowest BCUT2D eigenvalue weighted by Gasteiger charge is -2.40. The zero-order chi connectivity index (χ0) is 23.9. The summed E-state index contributed by atoms with van der Waals surface area (Å²) in [5.41, 5.74) is 0. The van der Waals surface area contributed by atoms with Gasteiger partial charge in [-0.2, -0.15) is 0 Å². The molecule has 0 aromatic rings. The molecule has 2 atom stereocenters. The van der Waals surface area contributed by atoms with Crippen molar-refractivity contribution in [1.82, 2.24) is 9.80 Å². The van der Waals surface area contributed by atoms with Gasteiger partial charge in [-0.3, -0.25) is 9.69 Å². The number of hydrogen-bond donors (Lipinski definition) is 0. The Morgan fingerprint density at radius 2 is 1.27 bits per heavy atom. The molecule has 0 aliphatic carbocycles. The fraction of sp³-hybridized carbons (Fsp3) is 0.885. The third-order valence-electron chi connectivity index (χ3n) is 6.84. The van der Waals surface area contributed by atoms with E-state index in [9.17, 15) is 14.4 Å². The summed E-state index contributed by atoms with van der Waals surface area (Å²) in [6.45, 7) is 5.78. The Hall–Kier alpha value is -1.79. The molecule has 2 unspecified atom stereocenters.